The van der Waals surface area contributed by atoms with Crippen molar-refractivity contribution in [3.8, 4) is 0 Å². The summed E-state index contributed by atoms with van der Waals surface area (Å²) >= 11 is 0. The van der Waals surface area contributed by atoms with E-state index in [2.05, 4.69) is 16.6 Å². The minimum absolute atomic E-state index is 0.00876. The van der Waals surface area contributed by atoms with Crippen LogP contribution in [0.3, 0.4) is 0 Å². The van der Waals surface area contributed by atoms with Gasteiger partial charge in [-0.1, -0.05) is 44.8 Å². The Bertz CT molecular complexity index is 844. The second-order valence-electron chi connectivity index (χ2n) is 7.26. The largest absolute Gasteiger partial charge is 0.469 e. The molecule has 2 aromatic rings. The Morgan fingerprint density at radius 1 is 1.14 bits per heavy atom. The number of aliphatic hydroxyl groups excluding tert-OH is 1. The van der Waals surface area contributed by atoms with E-state index in [1.165, 1.54) is 20.0 Å². The van der Waals surface area contributed by atoms with Gasteiger partial charge in [-0.3, -0.25) is 14.6 Å². The number of carbonyl (C=O) groups excluding carboxylic acids is 2. The lowest BCUT2D eigenvalue weighted by atomic mass is 10.0. The summed E-state index contributed by atoms with van der Waals surface area (Å²) in [6.45, 7) is 2.17. The van der Waals surface area contributed by atoms with Gasteiger partial charge < -0.3 is 9.84 Å². The molecular weight excluding hydrogens is 366 g/mol. The molecule has 5 nitrogen and oxygen atoms in total. The number of ether oxygens (including phenoxy) is 1. The first kappa shape index (κ1) is 22.8. The van der Waals surface area contributed by atoms with Crippen LogP contribution in [0.15, 0.2) is 36.5 Å². The average Bonchev–Trinajstić information content (AvgIpc) is 2.74. The quantitative estimate of drug-likeness (QED) is 0.306. The van der Waals surface area contributed by atoms with Crippen LogP contribution < -0.4 is 0 Å². The van der Waals surface area contributed by atoms with Crippen LogP contribution in [0.4, 0.5) is 0 Å². The number of fused-ring (bicyclic) bond motifs is 1. The first-order chi connectivity index (χ1) is 14.0. The number of esters is 1. The van der Waals surface area contributed by atoms with Crippen molar-refractivity contribution in [2.45, 2.75) is 64.4 Å². The number of pyridine rings is 1. The Hall–Kier alpha value is -2.53. The molecule has 1 N–H and O–H groups in total. The first-order valence-electron chi connectivity index (χ1n) is 10.4. The predicted octanol–water partition coefficient (Wildman–Crippen LogP) is 5.11. The van der Waals surface area contributed by atoms with Crippen molar-refractivity contribution in [2.75, 3.05) is 7.11 Å². The van der Waals surface area contributed by atoms with Crippen LogP contribution in [0, 0.1) is 0 Å². The standard InChI is InChI=1S/C24H31NO4/c1-3-4-5-6-8-20(26)13-11-18-15-16-25-22-14-12-19(17-21(18)22)23(27)9-7-10-24(28)29-2/h11-17,20,26H,3-10H2,1-2H3/b13-11+/t20-/m0/s1. The number of benzene rings is 1. The number of Topliss-reactive ketones (excluding diaryl/α,β-unsaturated/α-hetero) is 1. The molecule has 1 heterocycles. The van der Waals surface area contributed by atoms with Gasteiger partial charge in [-0.25, -0.2) is 0 Å². The van der Waals surface area contributed by atoms with Crippen molar-refractivity contribution < 1.29 is 19.4 Å². The molecular formula is C24H31NO4. The number of ketones is 1. The van der Waals surface area contributed by atoms with Gasteiger partial charge in [0.2, 0.25) is 0 Å². The van der Waals surface area contributed by atoms with Gasteiger partial charge in [-0.05, 0) is 42.7 Å². The SMILES string of the molecule is CCCCCC[C@H](O)/C=C/c1ccnc2ccc(C(=O)CCCC(=O)OC)cc12. The fourth-order valence-electron chi connectivity index (χ4n) is 3.22. The van der Waals surface area contributed by atoms with Crippen LogP contribution in [0.25, 0.3) is 17.0 Å². The summed E-state index contributed by atoms with van der Waals surface area (Å²) in [6, 6.07) is 7.33. The lowest BCUT2D eigenvalue weighted by Crippen LogP contribution is -2.04. The molecule has 29 heavy (non-hydrogen) atoms. The molecule has 0 amide bonds. The molecule has 1 atom stereocenters. The van der Waals surface area contributed by atoms with E-state index >= 15 is 0 Å². The topological polar surface area (TPSA) is 76.5 Å². The van der Waals surface area contributed by atoms with Gasteiger partial charge in [0, 0.05) is 30.0 Å². The Morgan fingerprint density at radius 2 is 1.97 bits per heavy atom. The zero-order valence-corrected chi connectivity index (χ0v) is 17.4. The second kappa shape index (κ2) is 12.1. The lowest BCUT2D eigenvalue weighted by Gasteiger charge is -2.07. The molecule has 0 saturated heterocycles. The van der Waals surface area contributed by atoms with Gasteiger partial charge in [-0.2, -0.15) is 0 Å². The summed E-state index contributed by atoms with van der Waals surface area (Å²) in [5.41, 5.74) is 2.33. The van der Waals surface area contributed by atoms with Crippen molar-refractivity contribution in [1.29, 1.82) is 0 Å². The van der Waals surface area contributed by atoms with Gasteiger partial charge >= 0.3 is 5.97 Å². The number of carbonyl (C=O) groups is 2. The number of unbranched alkanes of at least 4 members (excludes halogenated alkanes) is 3. The zero-order chi connectivity index (χ0) is 21.1. The molecule has 0 aliphatic carbocycles. The third-order valence-corrected chi connectivity index (χ3v) is 4.96. The molecule has 156 valence electrons. The van der Waals surface area contributed by atoms with E-state index in [0.29, 0.717) is 18.4 Å². The van der Waals surface area contributed by atoms with Crippen molar-refractivity contribution in [1.82, 2.24) is 4.98 Å². The van der Waals surface area contributed by atoms with E-state index in [4.69, 9.17) is 0 Å². The van der Waals surface area contributed by atoms with E-state index < -0.39 is 6.10 Å². The molecule has 0 unspecified atom stereocenters. The van der Waals surface area contributed by atoms with Crippen LogP contribution in [-0.2, 0) is 9.53 Å². The summed E-state index contributed by atoms with van der Waals surface area (Å²) in [5, 5.41) is 11.1. The minimum atomic E-state index is -0.474. The molecule has 0 aliphatic heterocycles. The van der Waals surface area contributed by atoms with Crippen molar-refractivity contribution in [3.63, 3.8) is 0 Å². The van der Waals surface area contributed by atoms with Gasteiger partial charge in [0.25, 0.3) is 0 Å². The normalized spacial score (nSPS) is 12.4. The van der Waals surface area contributed by atoms with Gasteiger partial charge in [0.15, 0.2) is 5.78 Å². The maximum atomic E-state index is 12.5. The Kier molecular flexibility index (Phi) is 9.51. The Morgan fingerprint density at radius 3 is 2.72 bits per heavy atom. The van der Waals surface area contributed by atoms with Crippen LogP contribution >= 0.6 is 0 Å². The highest BCUT2D eigenvalue weighted by Crippen LogP contribution is 2.21. The van der Waals surface area contributed by atoms with E-state index in [-0.39, 0.29) is 18.2 Å². The Labute approximate surface area is 172 Å². The average molecular weight is 398 g/mol. The predicted molar refractivity (Wildman–Crippen MR) is 116 cm³/mol. The van der Waals surface area contributed by atoms with Crippen LogP contribution in [0.5, 0.6) is 0 Å². The smallest absolute Gasteiger partial charge is 0.305 e. The highest BCUT2D eigenvalue weighted by atomic mass is 16.5. The second-order valence-corrected chi connectivity index (χ2v) is 7.26. The third-order valence-electron chi connectivity index (χ3n) is 4.96. The maximum absolute atomic E-state index is 12.5. The molecule has 2 rings (SSSR count). The summed E-state index contributed by atoms with van der Waals surface area (Å²) in [6.07, 6.45) is 11.3. The highest BCUT2D eigenvalue weighted by molar-refractivity contribution is 6.01. The van der Waals surface area contributed by atoms with E-state index in [1.807, 2.05) is 30.4 Å². The number of methoxy groups -OCH3 is 1. The number of aliphatic hydroxyl groups is 1. The molecule has 1 aromatic heterocycles. The first-order valence-corrected chi connectivity index (χ1v) is 10.4. The maximum Gasteiger partial charge on any atom is 0.305 e. The van der Waals surface area contributed by atoms with Crippen LogP contribution in [0.2, 0.25) is 0 Å². The third kappa shape index (κ3) is 7.42. The molecule has 0 fully saturated rings. The van der Waals surface area contributed by atoms with Crippen LogP contribution in [-0.4, -0.2) is 35.1 Å². The number of aromatic nitrogens is 1. The van der Waals surface area contributed by atoms with Crippen molar-refractivity contribution in [3.05, 3.63) is 47.7 Å². The molecule has 0 radical (unpaired) electrons. The number of rotatable bonds is 12. The molecule has 0 spiro atoms. The van der Waals surface area contributed by atoms with Gasteiger partial charge in [0.1, 0.15) is 0 Å². The number of hydrogen-bond donors (Lipinski definition) is 1. The lowest BCUT2D eigenvalue weighted by molar-refractivity contribution is -0.140. The van der Waals surface area contributed by atoms with Crippen molar-refractivity contribution in [2.24, 2.45) is 0 Å². The van der Waals surface area contributed by atoms with E-state index in [1.54, 1.807) is 12.3 Å². The molecule has 0 aliphatic rings. The monoisotopic (exact) mass is 397 g/mol. The Balaban J connectivity index is 2.07. The summed E-state index contributed by atoms with van der Waals surface area (Å²) in [5.74, 6) is -0.313. The zero-order valence-electron chi connectivity index (χ0n) is 17.4. The van der Waals surface area contributed by atoms with Gasteiger partial charge in [-0.15, -0.1) is 0 Å². The van der Waals surface area contributed by atoms with Crippen molar-refractivity contribution >= 4 is 28.7 Å². The summed E-state index contributed by atoms with van der Waals surface area (Å²) in [7, 11) is 1.34. The summed E-state index contributed by atoms with van der Waals surface area (Å²) < 4.78 is 4.61. The number of nitrogens with zero attached hydrogens (tertiary/aromatic N) is 1. The molecule has 5 heteroatoms. The van der Waals surface area contributed by atoms with Crippen LogP contribution in [0.1, 0.15) is 74.2 Å². The van der Waals surface area contributed by atoms with Gasteiger partial charge in [0.05, 0.1) is 18.7 Å². The highest BCUT2D eigenvalue weighted by Gasteiger charge is 2.10. The van der Waals surface area contributed by atoms with E-state index in [9.17, 15) is 14.7 Å². The molecule has 1 aromatic carbocycles. The number of hydrogen-bond acceptors (Lipinski definition) is 5. The fraction of sp³-hybridized carbons (Fsp3) is 0.458. The minimum Gasteiger partial charge on any atom is -0.469 e. The summed E-state index contributed by atoms with van der Waals surface area (Å²) in [4.78, 5) is 28.0. The van der Waals surface area contributed by atoms with E-state index in [0.717, 1.165) is 35.7 Å². The molecule has 0 saturated carbocycles. The molecule has 0 bridgehead atoms. The fourth-order valence-corrected chi connectivity index (χ4v) is 3.22.